The molecule has 0 unspecified atom stereocenters. The van der Waals surface area contributed by atoms with Gasteiger partial charge in [-0.25, -0.2) is 0 Å². The lowest BCUT2D eigenvalue weighted by atomic mass is 9.82. The topological polar surface area (TPSA) is 4.93 Å². The first-order chi connectivity index (χ1) is 20.5. The Labute approximate surface area is 249 Å². The summed E-state index contributed by atoms with van der Waals surface area (Å²) in [5.41, 5.74) is 13.0. The van der Waals surface area contributed by atoms with Gasteiger partial charge in [0.25, 0.3) is 0 Å². The second-order valence-electron chi connectivity index (χ2n) is 12.3. The predicted octanol–water partition coefficient (Wildman–Crippen LogP) is 11.4. The number of benzene rings is 6. The molecule has 0 bridgehead atoms. The molecule has 42 heavy (non-hydrogen) atoms. The van der Waals surface area contributed by atoms with E-state index in [1.54, 1.807) is 0 Å². The Kier molecular flexibility index (Phi) is 4.82. The monoisotopic (exact) mass is 555 g/mol. The van der Waals surface area contributed by atoms with E-state index >= 15 is 0 Å². The van der Waals surface area contributed by atoms with Crippen molar-refractivity contribution in [1.82, 2.24) is 4.57 Å². The Hall–Kier alpha value is -4.66. The normalized spacial score (nSPS) is 13.8. The number of hydrogen-bond acceptors (Lipinski definition) is 1. The Morgan fingerprint density at radius 1 is 0.524 bits per heavy atom. The summed E-state index contributed by atoms with van der Waals surface area (Å²) in [7, 11) is 0. The number of thiophene rings is 1. The SMILES string of the molecule is Cc1ccc2sc3ccc(-c4ccc5c(c4)c4cc6c(cc4n5-c4ccccc4)C(C)(C)c4ccccc4-6)cc3c2c1. The number of rotatable bonds is 2. The van der Waals surface area contributed by atoms with E-state index in [1.165, 1.54) is 86.6 Å². The molecule has 1 nitrogen and oxygen atoms in total. The number of fused-ring (bicyclic) bond motifs is 9. The fraction of sp³-hybridized carbons (Fsp3) is 0.100. The van der Waals surface area contributed by atoms with Crippen LogP contribution in [0.15, 0.2) is 121 Å². The van der Waals surface area contributed by atoms with Gasteiger partial charge in [0.15, 0.2) is 0 Å². The second-order valence-corrected chi connectivity index (χ2v) is 13.4. The van der Waals surface area contributed by atoms with Crippen LogP contribution in [0.1, 0.15) is 30.5 Å². The van der Waals surface area contributed by atoms with Crippen LogP contribution >= 0.6 is 11.3 Å². The second kappa shape index (κ2) is 8.44. The van der Waals surface area contributed by atoms with Crippen LogP contribution in [0, 0.1) is 6.92 Å². The zero-order valence-corrected chi connectivity index (χ0v) is 24.7. The Morgan fingerprint density at radius 3 is 2.02 bits per heavy atom. The van der Waals surface area contributed by atoms with Crippen molar-refractivity contribution in [3.05, 3.63) is 138 Å². The minimum atomic E-state index is -0.0413. The molecule has 0 saturated heterocycles. The summed E-state index contributed by atoms with van der Waals surface area (Å²) in [4.78, 5) is 0. The largest absolute Gasteiger partial charge is 0.309 e. The van der Waals surface area contributed by atoms with Gasteiger partial charge in [-0.3, -0.25) is 0 Å². The van der Waals surface area contributed by atoms with Crippen LogP contribution in [0.4, 0.5) is 0 Å². The summed E-state index contributed by atoms with van der Waals surface area (Å²) in [5.74, 6) is 0. The maximum absolute atomic E-state index is 2.46. The lowest BCUT2D eigenvalue weighted by molar-refractivity contribution is 0.661. The van der Waals surface area contributed by atoms with Crippen LogP contribution in [0.25, 0.3) is 69.9 Å². The van der Waals surface area contributed by atoms with Gasteiger partial charge < -0.3 is 4.57 Å². The minimum absolute atomic E-state index is 0.0413. The van der Waals surface area contributed by atoms with Crippen molar-refractivity contribution in [2.75, 3.05) is 0 Å². The minimum Gasteiger partial charge on any atom is -0.309 e. The highest BCUT2D eigenvalue weighted by Gasteiger charge is 2.36. The number of para-hydroxylation sites is 1. The molecule has 1 aliphatic rings. The molecular formula is C40H29NS. The van der Waals surface area contributed by atoms with Crippen LogP contribution in [-0.4, -0.2) is 4.57 Å². The first kappa shape index (κ1) is 24.0. The number of aryl methyl sites for hydroxylation is 1. The highest BCUT2D eigenvalue weighted by molar-refractivity contribution is 7.25. The molecule has 0 fully saturated rings. The maximum atomic E-state index is 2.46. The maximum Gasteiger partial charge on any atom is 0.0544 e. The van der Waals surface area contributed by atoms with Gasteiger partial charge in [0.1, 0.15) is 0 Å². The van der Waals surface area contributed by atoms with E-state index in [0.717, 1.165) is 0 Å². The quantitative estimate of drug-likeness (QED) is 0.200. The summed E-state index contributed by atoms with van der Waals surface area (Å²) >= 11 is 1.88. The first-order valence-corrected chi connectivity index (χ1v) is 15.5. The molecule has 1 aliphatic carbocycles. The molecule has 6 aromatic carbocycles. The lowest BCUT2D eigenvalue weighted by Crippen LogP contribution is -2.14. The zero-order chi connectivity index (χ0) is 28.2. The summed E-state index contributed by atoms with van der Waals surface area (Å²) in [6, 6.07) is 45.5. The zero-order valence-electron chi connectivity index (χ0n) is 23.9. The molecule has 200 valence electrons. The lowest BCUT2D eigenvalue weighted by Gasteiger charge is -2.21. The van der Waals surface area contributed by atoms with Crippen LogP contribution in [-0.2, 0) is 5.41 Å². The molecule has 0 amide bonds. The van der Waals surface area contributed by atoms with Crippen LogP contribution in [0.3, 0.4) is 0 Å². The smallest absolute Gasteiger partial charge is 0.0544 e. The predicted molar refractivity (Wildman–Crippen MR) is 181 cm³/mol. The molecule has 0 N–H and O–H groups in total. The van der Waals surface area contributed by atoms with Crippen molar-refractivity contribution in [3.8, 4) is 27.9 Å². The molecule has 2 heteroatoms. The molecule has 2 aromatic heterocycles. The van der Waals surface area contributed by atoms with Gasteiger partial charge in [0.05, 0.1) is 11.0 Å². The molecule has 0 saturated carbocycles. The van der Waals surface area contributed by atoms with Gasteiger partial charge in [-0.05, 0) is 101 Å². The van der Waals surface area contributed by atoms with Crippen molar-refractivity contribution in [1.29, 1.82) is 0 Å². The average Bonchev–Trinajstić information content (AvgIpc) is 3.61. The molecular weight excluding hydrogens is 527 g/mol. The van der Waals surface area contributed by atoms with Crippen molar-refractivity contribution in [3.63, 3.8) is 0 Å². The van der Waals surface area contributed by atoms with E-state index in [4.69, 9.17) is 0 Å². The Balaban J connectivity index is 1.33. The summed E-state index contributed by atoms with van der Waals surface area (Å²) < 4.78 is 5.15. The molecule has 0 atom stereocenters. The molecule has 0 radical (unpaired) electrons. The third kappa shape index (κ3) is 3.24. The van der Waals surface area contributed by atoms with Gasteiger partial charge in [-0.15, -0.1) is 11.3 Å². The van der Waals surface area contributed by atoms with E-state index in [0.29, 0.717) is 0 Å². The van der Waals surface area contributed by atoms with Crippen molar-refractivity contribution in [2.45, 2.75) is 26.2 Å². The van der Waals surface area contributed by atoms with Gasteiger partial charge in [0, 0.05) is 42.0 Å². The first-order valence-electron chi connectivity index (χ1n) is 14.7. The Morgan fingerprint density at radius 2 is 1.19 bits per heavy atom. The number of nitrogens with zero attached hydrogens (tertiary/aromatic N) is 1. The molecule has 2 heterocycles. The van der Waals surface area contributed by atoms with E-state index in [-0.39, 0.29) is 5.41 Å². The average molecular weight is 556 g/mol. The fourth-order valence-corrected chi connectivity index (χ4v) is 8.39. The van der Waals surface area contributed by atoms with Crippen LogP contribution < -0.4 is 0 Å². The van der Waals surface area contributed by atoms with Crippen molar-refractivity contribution < 1.29 is 0 Å². The van der Waals surface area contributed by atoms with Gasteiger partial charge >= 0.3 is 0 Å². The number of hydrogen-bond donors (Lipinski definition) is 0. The van der Waals surface area contributed by atoms with Crippen LogP contribution in [0.5, 0.6) is 0 Å². The van der Waals surface area contributed by atoms with E-state index < -0.39 is 0 Å². The molecule has 9 rings (SSSR count). The van der Waals surface area contributed by atoms with E-state index in [1.807, 2.05) is 11.3 Å². The van der Waals surface area contributed by atoms with Crippen LogP contribution in [0.2, 0.25) is 0 Å². The highest BCUT2D eigenvalue weighted by atomic mass is 32.1. The van der Waals surface area contributed by atoms with Gasteiger partial charge in [-0.2, -0.15) is 0 Å². The van der Waals surface area contributed by atoms with Gasteiger partial charge in [-0.1, -0.05) is 80.1 Å². The third-order valence-electron chi connectivity index (χ3n) is 9.44. The highest BCUT2D eigenvalue weighted by Crippen LogP contribution is 2.51. The van der Waals surface area contributed by atoms with E-state index in [9.17, 15) is 0 Å². The standard InChI is InChI=1S/C40H29NS/c1-24-13-17-38-32(19-24)33-21-26(15-18-39(33)42-38)25-14-16-36-30(20-25)31-22-29-28-11-7-8-12-34(28)40(2,3)35(29)23-37(31)41(36)27-9-5-4-6-10-27/h4-23H,1-3H3. The third-order valence-corrected chi connectivity index (χ3v) is 10.6. The Bertz CT molecular complexity index is 2380. The molecule has 0 aliphatic heterocycles. The van der Waals surface area contributed by atoms with Crippen molar-refractivity contribution in [2.24, 2.45) is 0 Å². The van der Waals surface area contributed by atoms with Gasteiger partial charge in [0.2, 0.25) is 0 Å². The molecule has 8 aromatic rings. The summed E-state index contributed by atoms with van der Waals surface area (Å²) in [5, 5.41) is 5.30. The fourth-order valence-electron chi connectivity index (χ4n) is 7.32. The summed E-state index contributed by atoms with van der Waals surface area (Å²) in [6.45, 7) is 6.91. The van der Waals surface area contributed by atoms with E-state index in [2.05, 4.69) is 147 Å². The number of aromatic nitrogens is 1. The van der Waals surface area contributed by atoms with Crippen molar-refractivity contribution >= 4 is 53.3 Å². The molecule has 0 spiro atoms. The summed E-state index contributed by atoms with van der Waals surface area (Å²) in [6.07, 6.45) is 0.